The fourth-order valence-corrected chi connectivity index (χ4v) is 2.09. The van der Waals surface area contributed by atoms with Gasteiger partial charge in [0.1, 0.15) is 12.4 Å². The Morgan fingerprint density at radius 2 is 2.00 bits per heavy atom. The van der Waals surface area contributed by atoms with E-state index in [-0.39, 0.29) is 5.91 Å². The fourth-order valence-electron chi connectivity index (χ4n) is 2.09. The molecule has 0 spiro atoms. The fraction of sp³-hybridized carbons (Fsp3) is 0.333. The van der Waals surface area contributed by atoms with Gasteiger partial charge >= 0.3 is 0 Å². The molecule has 0 aliphatic carbocycles. The Kier molecular flexibility index (Phi) is 4.47. The van der Waals surface area contributed by atoms with Gasteiger partial charge in [-0.3, -0.25) is 9.48 Å². The summed E-state index contributed by atoms with van der Waals surface area (Å²) in [4.78, 5) is 12.1. The first-order chi connectivity index (χ1) is 9.99. The molecular weight excluding hydrogens is 268 g/mol. The van der Waals surface area contributed by atoms with E-state index in [4.69, 9.17) is 10.5 Å². The van der Waals surface area contributed by atoms with Crippen molar-refractivity contribution in [3.63, 3.8) is 0 Å². The van der Waals surface area contributed by atoms with Gasteiger partial charge in [0.25, 0.3) is 5.91 Å². The number of nitrogens with two attached hydrogens (primary N) is 1. The predicted octanol–water partition coefficient (Wildman–Crippen LogP) is 1.43. The van der Waals surface area contributed by atoms with Crippen LogP contribution in [0.25, 0.3) is 0 Å². The van der Waals surface area contributed by atoms with E-state index in [0.29, 0.717) is 24.4 Å². The van der Waals surface area contributed by atoms with Crippen molar-refractivity contribution < 1.29 is 9.53 Å². The largest absolute Gasteiger partial charge is 0.492 e. The van der Waals surface area contributed by atoms with Crippen LogP contribution >= 0.6 is 0 Å². The highest BCUT2D eigenvalue weighted by Gasteiger charge is 2.16. The lowest BCUT2D eigenvalue weighted by Gasteiger charge is -2.08. The predicted molar refractivity (Wildman–Crippen MR) is 81.4 cm³/mol. The number of aryl methyl sites for hydroxylation is 2. The molecule has 1 heterocycles. The first-order valence-corrected chi connectivity index (χ1v) is 6.75. The van der Waals surface area contributed by atoms with Crippen LogP contribution in [0.5, 0.6) is 5.75 Å². The summed E-state index contributed by atoms with van der Waals surface area (Å²) in [6.07, 6.45) is 0. The highest BCUT2D eigenvalue weighted by molar-refractivity contribution is 5.96. The first-order valence-electron chi connectivity index (χ1n) is 6.75. The standard InChI is InChI=1S/C15H20N4O2/c1-10-14(11(2)19(3)18-10)15(20)17-8-9-21-13-6-4-12(16)5-7-13/h4-7H,8-9,16H2,1-3H3,(H,17,20). The van der Waals surface area contributed by atoms with Gasteiger partial charge in [0.05, 0.1) is 17.8 Å². The Morgan fingerprint density at radius 1 is 1.33 bits per heavy atom. The third-order valence-electron chi connectivity index (χ3n) is 3.27. The second-order valence-electron chi connectivity index (χ2n) is 4.84. The molecule has 0 atom stereocenters. The molecule has 0 aliphatic heterocycles. The van der Waals surface area contributed by atoms with E-state index in [1.165, 1.54) is 0 Å². The number of ether oxygens (including phenoxy) is 1. The molecule has 112 valence electrons. The van der Waals surface area contributed by atoms with Gasteiger partial charge in [-0.1, -0.05) is 0 Å². The van der Waals surface area contributed by atoms with Crippen molar-refractivity contribution in [2.75, 3.05) is 18.9 Å². The van der Waals surface area contributed by atoms with Crippen molar-refractivity contribution in [3.05, 3.63) is 41.2 Å². The molecule has 2 aromatic rings. The number of nitrogens with zero attached hydrogens (tertiary/aromatic N) is 2. The number of benzene rings is 1. The number of carbonyl (C=O) groups excluding carboxylic acids is 1. The van der Waals surface area contributed by atoms with Crippen LogP contribution < -0.4 is 15.8 Å². The van der Waals surface area contributed by atoms with Crippen molar-refractivity contribution in [3.8, 4) is 5.75 Å². The molecule has 0 radical (unpaired) electrons. The Balaban J connectivity index is 1.83. The summed E-state index contributed by atoms with van der Waals surface area (Å²) in [7, 11) is 1.82. The number of anilines is 1. The normalized spacial score (nSPS) is 10.4. The van der Waals surface area contributed by atoms with Crippen LogP contribution in [0.15, 0.2) is 24.3 Å². The lowest BCUT2D eigenvalue weighted by atomic mass is 10.2. The maximum absolute atomic E-state index is 12.1. The van der Waals surface area contributed by atoms with E-state index >= 15 is 0 Å². The molecule has 0 unspecified atom stereocenters. The summed E-state index contributed by atoms with van der Waals surface area (Å²) >= 11 is 0. The smallest absolute Gasteiger partial charge is 0.255 e. The quantitative estimate of drug-likeness (QED) is 0.644. The Bertz CT molecular complexity index is 632. The van der Waals surface area contributed by atoms with E-state index in [9.17, 15) is 4.79 Å². The minimum absolute atomic E-state index is 0.126. The number of nitrogens with one attached hydrogen (secondary N) is 1. The topological polar surface area (TPSA) is 82.2 Å². The number of hydrogen-bond donors (Lipinski definition) is 2. The van der Waals surface area contributed by atoms with Crippen molar-refractivity contribution in [2.45, 2.75) is 13.8 Å². The van der Waals surface area contributed by atoms with Crippen LogP contribution in [-0.4, -0.2) is 28.8 Å². The number of rotatable bonds is 5. The highest BCUT2D eigenvalue weighted by Crippen LogP contribution is 2.13. The van der Waals surface area contributed by atoms with Crippen molar-refractivity contribution in [1.82, 2.24) is 15.1 Å². The molecule has 2 rings (SSSR count). The summed E-state index contributed by atoms with van der Waals surface area (Å²) < 4.78 is 7.23. The molecule has 3 N–H and O–H groups in total. The summed E-state index contributed by atoms with van der Waals surface area (Å²) in [6, 6.07) is 7.14. The van der Waals surface area contributed by atoms with Gasteiger partial charge in [0, 0.05) is 18.4 Å². The van der Waals surface area contributed by atoms with Gasteiger partial charge < -0.3 is 15.8 Å². The maximum atomic E-state index is 12.1. The zero-order chi connectivity index (χ0) is 15.4. The van der Waals surface area contributed by atoms with Crippen molar-refractivity contribution in [2.24, 2.45) is 7.05 Å². The third-order valence-corrected chi connectivity index (χ3v) is 3.27. The lowest BCUT2D eigenvalue weighted by Crippen LogP contribution is -2.28. The first kappa shape index (κ1) is 14.9. The van der Waals surface area contributed by atoms with Crippen LogP contribution in [0, 0.1) is 13.8 Å². The summed E-state index contributed by atoms with van der Waals surface area (Å²) in [5, 5.41) is 7.06. The molecule has 0 fully saturated rings. The van der Waals surface area contributed by atoms with Crippen molar-refractivity contribution >= 4 is 11.6 Å². The average Bonchev–Trinajstić information content (AvgIpc) is 2.70. The summed E-state index contributed by atoms with van der Waals surface area (Å²) in [5.41, 5.74) is 8.50. The lowest BCUT2D eigenvalue weighted by molar-refractivity contribution is 0.0945. The van der Waals surface area contributed by atoms with E-state index in [2.05, 4.69) is 10.4 Å². The van der Waals surface area contributed by atoms with Crippen LogP contribution in [0.4, 0.5) is 5.69 Å². The molecule has 6 heteroatoms. The summed E-state index contributed by atoms with van der Waals surface area (Å²) in [6.45, 7) is 4.53. The zero-order valence-corrected chi connectivity index (χ0v) is 12.5. The minimum atomic E-state index is -0.126. The SMILES string of the molecule is Cc1nn(C)c(C)c1C(=O)NCCOc1ccc(N)cc1. The van der Waals surface area contributed by atoms with Gasteiger partial charge in [-0.05, 0) is 38.1 Å². The molecule has 1 amide bonds. The molecule has 0 saturated carbocycles. The number of aromatic nitrogens is 2. The molecule has 1 aromatic heterocycles. The molecule has 0 bridgehead atoms. The van der Waals surface area contributed by atoms with Crippen LogP contribution in [-0.2, 0) is 7.05 Å². The molecule has 0 saturated heterocycles. The third kappa shape index (κ3) is 3.53. The van der Waals surface area contributed by atoms with Gasteiger partial charge in [-0.15, -0.1) is 0 Å². The monoisotopic (exact) mass is 288 g/mol. The van der Waals surface area contributed by atoms with Crippen LogP contribution in [0.1, 0.15) is 21.7 Å². The zero-order valence-electron chi connectivity index (χ0n) is 12.5. The molecule has 1 aromatic carbocycles. The van der Waals surface area contributed by atoms with Gasteiger partial charge in [0.15, 0.2) is 0 Å². The molecule has 0 aliphatic rings. The van der Waals surface area contributed by atoms with E-state index in [1.807, 2.05) is 20.9 Å². The van der Waals surface area contributed by atoms with Gasteiger partial charge in [-0.25, -0.2) is 0 Å². The molecule has 6 nitrogen and oxygen atoms in total. The van der Waals surface area contributed by atoms with Crippen LogP contribution in [0.3, 0.4) is 0 Å². The van der Waals surface area contributed by atoms with E-state index in [0.717, 1.165) is 17.1 Å². The molecular formula is C15H20N4O2. The van der Waals surface area contributed by atoms with Gasteiger partial charge in [0.2, 0.25) is 0 Å². The Hall–Kier alpha value is -2.50. The Morgan fingerprint density at radius 3 is 2.57 bits per heavy atom. The number of hydrogen-bond acceptors (Lipinski definition) is 4. The number of carbonyl (C=O) groups is 1. The van der Waals surface area contributed by atoms with Crippen LogP contribution in [0.2, 0.25) is 0 Å². The number of amides is 1. The van der Waals surface area contributed by atoms with Crippen molar-refractivity contribution in [1.29, 1.82) is 0 Å². The second-order valence-corrected chi connectivity index (χ2v) is 4.84. The van der Waals surface area contributed by atoms with E-state index < -0.39 is 0 Å². The number of nitrogen functional groups attached to an aromatic ring is 1. The van der Waals surface area contributed by atoms with E-state index in [1.54, 1.807) is 28.9 Å². The molecule has 21 heavy (non-hydrogen) atoms. The highest BCUT2D eigenvalue weighted by atomic mass is 16.5. The minimum Gasteiger partial charge on any atom is -0.492 e. The van der Waals surface area contributed by atoms with Gasteiger partial charge in [-0.2, -0.15) is 5.10 Å². The summed E-state index contributed by atoms with van der Waals surface area (Å²) in [5.74, 6) is 0.603. The maximum Gasteiger partial charge on any atom is 0.255 e. The Labute approximate surface area is 123 Å². The second kappa shape index (κ2) is 6.30. The average molecular weight is 288 g/mol.